The van der Waals surface area contributed by atoms with Crippen LogP contribution >= 0.6 is 0 Å². The number of phenolic OH excluding ortho intramolecular Hbond substituents is 1. The summed E-state index contributed by atoms with van der Waals surface area (Å²) in [6, 6.07) is 10.5. The Balaban J connectivity index is 2.08. The van der Waals surface area contributed by atoms with Crippen molar-refractivity contribution in [3.05, 3.63) is 53.6 Å². The van der Waals surface area contributed by atoms with E-state index in [1.807, 2.05) is 0 Å². The zero-order valence-electron chi connectivity index (χ0n) is 11.0. The van der Waals surface area contributed by atoms with E-state index in [0.29, 0.717) is 11.3 Å². The first kappa shape index (κ1) is 14.4. The predicted molar refractivity (Wildman–Crippen MR) is 78.3 cm³/mol. The summed E-state index contributed by atoms with van der Waals surface area (Å²) in [4.78, 5) is 22.7. The summed E-state index contributed by atoms with van der Waals surface area (Å²) >= 11 is 0. The van der Waals surface area contributed by atoms with Crippen LogP contribution in [-0.2, 0) is 11.2 Å². The minimum absolute atomic E-state index is 0.0541. The molecule has 0 fully saturated rings. The van der Waals surface area contributed by atoms with Crippen molar-refractivity contribution >= 4 is 23.3 Å². The molecular weight excluding hydrogens is 272 g/mol. The van der Waals surface area contributed by atoms with Crippen LogP contribution in [0.3, 0.4) is 0 Å². The van der Waals surface area contributed by atoms with Crippen LogP contribution in [0.4, 0.5) is 11.4 Å². The second kappa shape index (κ2) is 5.96. The third-order valence-electron chi connectivity index (χ3n) is 2.85. The van der Waals surface area contributed by atoms with Gasteiger partial charge in [0.15, 0.2) is 0 Å². The van der Waals surface area contributed by atoms with Gasteiger partial charge in [-0.1, -0.05) is 12.1 Å². The highest BCUT2D eigenvalue weighted by atomic mass is 16.4. The molecule has 0 aromatic heterocycles. The summed E-state index contributed by atoms with van der Waals surface area (Å²) in [5.74, 6) is -1.31. The van der Waals surface area contributed by atoms with Gasteiger partial charge in [-0.15, -0.1) is 0 Å². The molecule has 0 radical (unpaired) electrons. The lowest BCUT2D eigenvalue weighted by atomic mass is 10.1. The first-order valence-corrected chi connectivity index (χ1v) is 6.16. The molecule has 5 N–H and O–H groups in total. The minimum atomic E-state index is -1.08. The van der Waals surface area contributed by atoms with Crippen LogP contribution in [0, 0.1) is 0 Å². The maximum absolute atomic E-state index is 11.9. The lowest BCUT2D eigenvalue weighted by Crippen LogP contribution is -2.15. The highest BCUT2D eigenvalue weighted by Gasteiger charge is 2.09. The molecule has 0 unspecified atom stereocenters. The van der Waals surface area contributed by atoms with Crippen LogP contribution in [0.15, 0.2) is 42.5 Å². The number of anilines is 2. The third kappa shape index (κ3) is 3.73. The highest BCUT2D eigenvalue weighted by molar-refractivity contribution is 5.97. The smallest absolute Gasteiger partial charge is 0.335 e. The quantitative estimate of drug-likeness (QED) is 0.641. The molecule has 2 aromatic rings. The van der Waals surface area contributed by atoms with E-state index in [2.05, 4.69) is 5.32 Å². The van der Waals surface area contributed by atoms with Crippen molar-refractivity contribution in [3.63, 3.8) is 0 Å². The Kier molecular flexibility index (Phi) is 4.08. The van der Waals surface area contributed by atoms with Gasteiger partial charge in [-0.2, -0.15) is 0 Å². The Morgan fingerprint density at radius 3 is 2.52 bits per heavy atom. The number of aromatic carboxylic acids is 1. The average molecular weight is 286 g/mol. The number of hydrogen-bond acceptors (Lipinski definition) is 4. The number of phenols is 1. The molecule has 0 aliphatic carbocycles. The number of rotatable bonds is 4. The number of nitrogen functional groups attached to an aromatic ring is 1. The summed E-state index contributed by atoms with van der Waals surface area (Å²) in [7, 11) is 0. The molecule has 108 valence electrons. The zero-order chi connectivity index (χ0) is 15.4. The van der Waals surface area contributed by atoms with Gasteiger partial charge >= 0.3 is 5.97 Å². The number of carbonyl (C=O) groups excluding carboxylic acids is 1. The summed E-state index contributed by atoms with van der Waals surface area (Å²) in [6.07, 6.45) is 0.0779. The van der Waals surface area contributed by atoms with Crippen LogP contribution in [0.5, 0.6) is 5.75 Å². The Morgan fingerprint density at radius 1 is 1.14 bits per heavy atom. The summed E-state index contributed by atoms with van der Waals surface area (Å²) in [5.41, 5.74) is 6.95. The van der Waals surface area contributed by atoms with Gasteiger partial charge in [0, 0.05) is 0 Å². The molecular formula is C15H14N2O4. The maximum Gasteiger partial charge on any atom is 0.335 e. The average Bonchev–Trinajstić information content (AvgIpc) is 2.40. The predicted octanol–water partition coefficient (Wildman–Crippen LogP) is 1.85. The van der Waals surface area contributed by atoms with Crippen molar-refractivity contribution in [3.8, 4) is 5.75 Å². The van der Waals surface area contributed by atoms with E-state index in [9.17, 15) is 14.7 Å². The number of benzene rings is 2. The first-order valence-electron chi connectivity index (χ1n) is 6.16. The highest BCUT2D eigenvalue weighted by Crippen LogP contribution is 2.20. The van der Waals surface area contributed by atoms with Crippen LogP contribution in [0.2, 0.25) is 0 Å². The molecule has 2 aromatic carbocycles. The summed E-state index contributed by atoms with van der Waals surface area (Å²) in [6.45, 7) is 0. The van der Waals surface area contributed by atoms with Gasteiger partial charge in [-0.3, -0.25) is 4.79 Å². The molecule has 0 atom stereocenters. The number of carboxylic acids is 1. The van der Waals surface area contributed by atoms with Gasteiger partial charge in [-0.05, 0) is 35.9 Å². The normalized spacial score (nSPS) is 10.1. The van der Waals surface area contributed by atoms with Crippen molar-refractivity contribution in [2.45, 2.75) is 6.42 Å². The second-order valence-electron chi connectivity index (χ2n) is 4.50. The lowest BCUT2D eigenvalue weighted by molar-refractivity contribution is -0.115. The fraction of sp³-hybridized carbons (Fsp3) is 0.0667. The molecule has 0 saturated carbocycles. The molecule has 0 bridgehead atoms. The van der Waals surface area contributed by atoms with Crippen LogP contribution in [-0.4, -0.2) is 22.1 Å². The number of aromatic hydroxyl groups is 1. The van der Waals surface area contributed by atoms with Crippen molar-refractivity contribution < 1.29 is 19.8 Å². The SMILES string of the molecule is Nc1cc(C(=O)O)ccc1NC(=O)Cc1cccc(O)c1. The molecule has 2 rings (SSSR count). The van der Waals surface area contributed by atoms with Gasteiger partial charge in [0.05, 0.1) is 23.4 Å². The monoisotopic (exact) mass is 286 g/mol. The molecule has 0 saturated heterocycles. The standard InChI is InChI=1S/C15H14N2O4/c16-12-8-10(15(20)21)4-5-13(12)17-14(19)7-9-2-1-3-11(18)6-9/h1-6,8,18H,7,16H2,(H,17,19)(H,20,21). The van der Waals surface area contributed by atoms with Gasteiger partial charge in [0.2, 0.25) is 5.91 Å². The topological polar surface area (TPSA) is 113 Å². The van der Waals surface area contributed by atoms with E-state index >= 15 is 0 Å². The van der Waals surface area contributed by atoms with Gasteiger partial charge < -0.3 is 21.3 Å². The first-order chi connectivity index (χ1) is 9.95. The Labute approximate surface area is 120 Å². The Hall–Kier alpha value is -3.02. The van der Waals surface area contributed by atoms with E-state index in [1.54, 1.807) is 12.1 Å². The van der Waals surface area contributed by atoms with E-state index < -0.39 is 5.97 Å². The van der Waals surface area contributed by atoms with Gasteiger partial charge in [-0.25, -0.2) is 4.79 Å². The molecule has 6 nitrogen and oxygen atoms in total. The third-order valence-corrected chi connectivity index (χ3v) is 2.85. The molecule has 0 heterocycles. The number of carboxylic acid groups (broad SMARTS) is 1. The minimum Gasteiger partial charge on any atom is -0.508 e. The number of nitrogens with two attached hydrogens (primary N) is 1. The molecule has 0 spiro atoms. The number of nitrogens with one attached hydrogen (secondary N) is 1. The van der Waals surface area contributed by atoms with Crippen molar-refractivity contribution in [2.24, 2.45) is 0 Å². The molecule has 0 aliphatic heterocycles. The number of hydrogen-bond donors (Lipinski definition) is 4. The fourth-order valence-corrected chi connectivity index (χ4v) is 1.86. The van der Waals surface area contributed by atoms with Crippen LogP contribution in [0.1, 0.15) is 15.9 Å². The second-order valence-corrected chi connectivity index (χ2v) is 4.50. The maximum atomic E-state index is 11.9. The zero-order valence-corrected chi connectivity index (χ0v) is 11.0. The largest absolute Gasteiger partial charge is 0.508 e. The molecule has 1 amide bonds. The number of carbonyl (C=O) groups is 2. The lowest BCUT2D eigenvalue weighted by Gasteiger charge is -2.09. The van der Waals surface area contributed by atoms with Crippen LogP contribution < -0.4 is 11.1 Å². The Bertz CT molecular complexity index is 698. The van der Waals surface area contributed by atoms with Crippen molar-refractivity contribution in [1.82, 2.24) is 0 Å². The fourth-order valence-electron chi connectivity index (χ4n) is 1.86. The summed E-state index contributed by atoms with van der Waals surface area (Å²) in [5, 5.41) is 20.8. The van der Waals surface area contributed by atoms with Crippen LogP contribution in [0.25, 0.3) is 0 Å². The van der Waals surface area contributed by atoms with E-state index in [4.69, 9.17) is 10.8 Å². The van der Waals surface area contributed by atoms with E-state index in [-0.39, 0.29) is 29.3 Å². The van der Waals surface area contributed by atoms with Gasteiger partial charge in [0.25, 0.3) is 0 Å². The van der Waals surface area contributed by atoms with Crippen molar-refractivity contribution in [2.75, 3.05) is 11.1 Å². The number of amides is 1. The van der Waals surface area contributed by atoms with E-state index in [1.165, 1.54) is 30.3 Å². The van der Waals surface area contributed by atoms with Crippen molar-refractivity contribution in [1.29, 1.82) is 0 Å². The summed E-state index contributed by atoms with van der Waals surface area (Å²) < 4.78 is 0. The molecule has 6 heteroatoms. The van der Waals surface area contributed by atoms with Gasteiger partial charge in [0.1, 0.15) is 5.75 Å². The molecule has 21 heavy (non-hydrogen) atoms. The van der Waals surface area contributed by atoms with E-state index in [0.717, 1.165) is 0 Å². The molecule has 0 aliphatic rings. The Morgan fingerprint density at radius 2 is 1.90 bits per heavy atom.